The molecule has 0 aliphatic carbocycles. The van der Waals surface area contributed by atoms with E-state index in [1.54, 1.807) is 0 Å². The molecule has 6 nitrogen and oxygen atoms in total. The van der Waals surface area contributed by atoms with Crippen molar-refractivity contribution in [2.75, 3.05) is 0 Å². The fourth-order valence-electron chi connectivity index (χ4n) is 6.89. The summed E-state index contributed by atoms with van der Waals surface area (Å²) in [5, 5.41) is 0. The normalized spacial score (nSPS) is 11.0. The van der Waals surface area contributed by atoms with Crippen molar-refractivity contribution >= 4 is 0 Å². The highest BCUT2D eigenvalue weighted by Crippen LogP contribution is 2.33. The number of aromatic nitrogens is 6. The maximum Gasteiger partial charge on any atom is 0.164 e. The average Bonchev–Trinajstić information content (AvgIpc) is 3.27. The van der Waals surface area contributed by atoms with Crippen molar-refractivity contribution in [1.82, 2.24) is 29.9 Å². The highest BCUT2D eigenvalue weighted by atomic mass is 15.0. The van der Waals surface area contributed by atoms with Gasteiger partial charge in [0.25, 0.3) is 0 Å². The third kappa shape index (κ3) is 7.11. The molecule has 0 saturated carbocycles. The van der Waals surface area contributed by atoms with Crippen molar-refractivity contribution in [1.29, 1.82) is 0 Å². The van der Waals surface area contributed by atoms with Gasteiger partial charge in [-0.1, -0.05) is 164 Å². The molecule has 266 valence electrons. The van der Waals surface area contributed by atoms with Gasteiger partial charge < -0.3 is 0 Å². The quantitative estimate of drug-likeness (QED) is 0.155. The number of rotatable bonds is 8. The molecule has 0 fully saturated rings. The minimum absolute atomic E-state index is 0.621. The number of hydrogen-bond donors (Lipinski definition) is 0. The van der Waals surface area contributed by atoms with Crippen molar-refractivity contribution in [3.8, 4) is 90.6 Å². The van der Waals surface area contributed by atoms with Gasteiger partial charge in [0.1, 0.15) is 0 Å². The van der Waals surface area contributed by atoms with E-state index in [-0.39, 0.29) is 0 Å². The first-order valence-electron chi connectivity index (χ1n) is 18.6. The van der Waals surface area contributed by atoms with E-state index in [1.165, 1.54) is 0 Å². The summed E-state index contributed by atoms with van der Waals surface area (Å²) in [5.41, 5.74) is 12.2. The molecular weight excluding hydrogens is 685 g/mol. The van der Waals surface area contributed by atoms with Gasteiger partial charge in [0.2, 0.25) is 0 Å². The van der Waals surface area contributed by atoms with Crippen LogP contribution < -0.4 is 0 Å². The Morgan fingerprint density at radius 2 is 0.500 bits per heavy atom. The van der Waals surface area contributed by atoms with Crippen LogP contribution in [-0.2, 0) is 0 Å². The molecular formula is C50H36N6. The van der Waals surface area contributed by atoms with E-state index < -0.39 is 0 Å². The van der Waals surface area contributed by atoms with Crippen LogP contribution in [0.2, 0.25) is 0 Å². The monoisotopic (exact) mass is 720 g/mol. The third-order valence-corrected chi connectivity index (χ3v) is 9.88. The highest BCUT2D eigenvalue weighted by molar-refractivity contribution is 5.79. The van der Waals surface area contributed by atoms with Crippen molar-refractivity contribution in [2.45, 2.75) is 13.8 Å². The second kappa shape index (κ2) is 15.1. The second-order valence-electron chi connectivity index (χ2n) is 13.7. The fourth-order valence-corrected chi connectivity index (χ4v) is 6.89. The Bertz CT molecular complexity index is 2710. The molecule has 2 heterocycles. The molecule has 0 aliphatic heterocycles. The van der Waals surface area contributed by atoms with Crippen molar-refractivity contribution in [3.05, 3.63) is 193 Å². The summed E-state index contributed by atoms with van der Waals surface area (Å²) in [6.07, 6.45) is 0. The standard InChI is InChI=1S/C50H36N6/c1-33-16-9-11-28-43(33)49-54-48(55-50(56-49)44-29-12-10-17-34(44)2)42-27-15-25-40(32-42)38-23-13-22-37(30-38)39-24-14-26-41(31-39)47-52-45(35-18-5-3-6-19-35)51-46(53-47)36-20-7-4-8-21-36/h3-32H,1-2H3. The summed E-state index contributed by atoms with van der Waals surface area (Å²) in [6, 6.07) is 61.9. The highest BCUT2D eigenvalue weighted by Gasteiger charge is 2.16. The van der Waals surface area contributed by atoms with E-state index in [4.69, 9.17) is 29.9 Å². The van der Waals surface area contributed by atoms with E-state index in [1.807, 2.05) is 84.9 Å². The molecule has 9 rings (SSSR count). The third-order valence-electron chi connectivity index (χ3n) is 9.88. The molecule has 0 aliphatic rings. The fraction of sp³-hybridized carbons (Fsp3) is 0.0400. The molecule has 56 heavy (non-hydrogen) atoms. The molecule has 0 bridgehead atoms. The molecule has 0 atom stereocenters. The summed E-state index contributed by atoms with van der Waals surface area (Å²) in [6.45, 7) is 4.17. The van der Waals surface area contributed by atoms with E-state index in [0.717, 1.165) is 66.8 Å². The molecule has 2 aromatic heterocycles. The Morgan fingerprint density at radius 3 is 0.893 bits per heavy atom. The van der Waals surface area contributed by atoms with Crippen molar-refractivity contribution < 1.29 is 0 Å². The molecule has 6 heteroatoms. The van der Waals surface area contributed by atoms with Crippen molar-refractivity contribution in [2.24, 2.45) is 0 Å². The molecule has 0 saturated heterocycles. The van der Waals surface area contributed by atoms with Crippen LogP contribution in [0.3, 0.4) is 0 Å². The lowest BCUT2D eigenvalue weighted by atomic mass is 9.97. The van der Waals surface area contributed by atoms with Crippen molar-refractivity contribution in [3.63, 3.8) is 0 Å². The topological polar surface area (TPSA) is 77.3 Å². The van der Waals surface area contributed by atoms with Gasteiger partial charge in [-0.15, -0.1) is 0 Å². The van der Waals surface area contributed by atoms with Crippen LogP contribution in [0, 0.1) is 13.8 Å². The molecule has 7 aromatic carbocycles. The molecule has 9 aromatic rings. The van der Waals surface area contributed by atoms with Gasteiger partial charge in [-0.3, -0.25) is 0 Å². The van der Waals surface area contributed by atoms with Gasteiger partial charge in [-0.2, -0.15) is 0 Å². The maximum absolute atomic E-state index is 5.04. The largest absolute Gasteiger partial charge is 0.208 e. The SMILES string of the molecule is Cc1ccccc1-c1nc(-c2cccc(-c3cccc(-c4cccc(-c5nc(-c6ccccc6)nc(-c6ccccc6)n5)c4)c3)c2)nc(-c2ccccc2C)n1. The van der Waals surface area contributed by atoms with Gasteiger partial charge in [-0.25, -0.2) is 29.9 Å². The lowest BCUT2D eigenvalue weighted by Crippen LogP contribution is -2.01. The van der Waals surface area contributed by atoms with E-state index in [2.05, 4.69) is 111 Å². The molecule has 0 radical (unpaired) electrons. The minimum Gasteiger partial charge on any atom is -0.208 e. The molecule has 0 spiro atoms. The summed E-state index contributed by atoms with van der Waals surface area (Å²) >= 11 is 0. The average molecular weight is 721 g/mol. The Kier molecular flexibility index (Phi) is 9.27. The molecule has 0 N–H and O–H groups in total. The van der Waals surface area contributed by atoms with Gasteiger partial charge in [0, 0.05) is 33.4 Å². The van der Waals surface area contributed by atoms with Gasteiger partial charge in [-0.05, 0) is 65.4 Å². The molecule has 0 unspecified atom stereocenters. The first-order chi connectivity index (χ1) is 27.6. The van der Waals surface area contributed by atoms with Gasteiger partial charge >= 0.3 is 0 Å². The Hall–Kier alpha value is -7.44. The first kappa shape index (κ1) is 34.3. The number of hydrogen-bond acceptors (Lipinski definition) is 6. The summed E-state index contributed by atoms with van der Waals surface area (Å²) in [7, 11) is 0. The Labute approximate surface area is 326 Å². The second-order valence-corrected chi connectivity index (χ2v) is 13.7. The number of benzene rings is 7. The van der Waals surface area contributed by atoms with Crippen LogP contribution in [0.5, 0.6) is 0 Å². The zero-order valence-corrected chi connectivity index (χ0v) is 31.0. The number of nitrogens with zero attached hydrogens (tertiary/aromatic N) is 6. The van der Waals surface area contributed by atoms with Crippen LogP contribution in [0.15, 0.2) is 182 Å². The van der Waals surface area contributed by atoms with Crippen LogP contribution in [0.1, 0.15) is 11.1 Å². The summed E-state index contributed by atoms with van der Waals surface area (Å²) < 4.78 is 0. The van der Waals surface area contributed by atoms with E-state index in [0.29, 0.717) is 34.9 Å². The predicted molar refractivity (Wildman–Crippen MR) is 226 cm³/mol. The van der Waals surface area contributed by atoms with Gasteiger partial charge in [0.15, 0.2) is 34.9 Å². The zero-order chi connectivity index (χ0) is 37.8. The van der Waals surface area contributed by atoms with E-state index >= 15 is 0 Å². The lowest BCUT2D eigenvalue weighted by molar-refractivity contribution is 1.07. The van der Waals surface area contributed by atoms with E-state index in [9.17, 15) is 0 Å². The van der Waals surface area contributed by atoms with Gasteiger partial charge in [0.05, 0.1) is 0 Å². The van der Waals surface area contributed by atoms with Crippen LogP contribution in [0.25, 0.3) is 90.6 Å². The summed E-state index contributed by atoms with van der Waals surface area (Å²) in [5.74, 6) is 3.83. The number of aryl methyl sites for hydroxylation is 2. The van der Waals surface area contributed by atoms with Crippen LogP contribution >= 0.6 is 0 Å². The Balaban J connectivity index is 1.09. The zero-order valence-electron chi connectivity index (χ0n) is 31.0. The lowest BCUT2D eigenvalue weighted by Gasteiger charge is -2.12. The Morgan fingerprint density at radius 1 is 0.232 bits per heavy atom. The summed E-state index contributed by atoms with van der Waals surface area (Å²) in [4.78, 5) is 29.8. The smallest absolute Gasteiger partial charge is 0.164 e. The predicted octanol–water partition coefficient (Wildman–Crippen LogP) is 12.0. The maximum atomic E-state index is 5.04. The van der Waals surface area contributed by atoms with Crippen LogP contribution in [-0.4, -0.2) is 29.9 Å². The van der Waals surface area contributed by atoms with Crippen LogP contribution in [0.4, 0.5) is 0 Å². The first-order valence-corrected chi connectivity index (χ1v) is 18.6. The molecule has 0 amide bonds. The minimum atomic E-state index is 0.621.